The summed E-state index contributed by atoms with van der Waals surface area (Å²) in [5.41, 5.74) is 17.7. The Balaban J connectivity index is 0.985. The molecule has 12 rings (SSSR count). The van der Waals surface area contributed by atoms with Crippen LogP contribution in [-0.2, 0) is 0 Å². The molecule has 0 aliphatic carbocycles. The molecule has 3 heteroatoms. The average Bonchev–Trinajstić information content (AvgIpc) is 3.91. The molecule has 0 saturated carbocycles. The molecule has 0 saturated heterocycles. The van der Waals surface area contributed by atoms with E-state index in [4.69, 9.17) is 4.42 Å². The van der Waals surface area contributed by atoms with Gasteiger partial charge in [0.05, 0.1) is 22.4 Å². The first kappa shape index (κ1) is 36.5. The van der Waals surface area contributed by atoms with Crippen LogP contribution in [0.2, 0.25) is 0 Å². The van der Waals surface area contributed by atoms with Gasteiger partial charge >= 0.3 is 0 Å². The van der Waals surface area contributed by atoms with Gasteiger partial charge in [-0.15, -0.1) is 0 Å². The maximum atomic E-state index is 6.46. The summed E-state index contributed by atoms with van der Waals surface area (Å²) >= 11 is 0. The van der Waals surface area contributed by atoms with Gasteiger partial charge in [0.1, 0.15) is 11.2 Å². The minimum atomic E-state index is 0.901. The van der Waals surface area contributed by atoms with Crippen molar-refractivity contribution >= 4 is 60.8 Å². The number of nitrogens with zero attached hydrogens (tertiary/aromatic N) is 2. The van der Waals surface area contributed by atoms with Crippen molar-refractivity contribution in [3.8, 4) is 50.2 Å². The van der Waals surface area contributed by atoms with Crippen molar-refractivity contribution < 1.29 is 4.42 Å². The third-order valence-electron chi connectivity index (χ3n) is 12.4. The van der Waals surface area contributed by atoms with Crippen LogP contribution in [0.3, 0.4) is 0 Å². The Hall–Kier alpha value is -8.40. The summed E-state index contributed by atoms with van der Waals surface area (Å²) in [6.07, 6.45) is 0. The molecule has 296 valence electrons. The van der Waals surface area contributed by atoms with Crippen LogP contribution in [0.4, 0.5) is 17.1 Å². The number of hydrogen-bond acceptors (Lipinski definition) is 2. The second-order valence-electron chi connectivity index (χ2n) is 16.1. The first-order valence-electron chi connectivity index (χ1n) is 21.5. The van der Waals surface area contributed by atoms with Crippen LogP contribution >= 0.6 is 0 Å². The van der Waals surface area contributed by atoms with Crippen LogP contribution in [0.1, 0.15) is 0 Å². The van der Waals surface area contributed by atoms with E-state index in [2.05, 4.69) is 240 Å². The molecule has 0 spiro atoms. The molecule has 2 aromatic heterocycles. The minimum Gasteiger partial charge on any atom is -0.455 e. The van der Waals surface area contributed by atoms with E-state index in [1.807, 2.05) is 12.1 Å². The number of benzene rings is 10. The summed E-state index contributed by atoms with van der Waals surface area (Å²) in [6, 6.07) is 87.1. The zero-order valence-corrected chi connectivity index (χ0v) is 34.4. The van der Waals surface area contributed by atoms with Gasteiger partial charge in [-0.1, -0.05) is 182 Å². The molecule has 0 fully saturated rings. The number of fused-ring (bicyclic) bond motifs is 6. The summed E-state index contributed by atoms with van der Waals surface area (Å²) in [6.45, 7) is 0. The van der Waals surface area contributed by atoms with Gasteiger partial charge in [0, 0.05) is 49.6 Å². The summed E-state index contributed by atoms with van der Waals surface area (Å²) in [7, 11) is 0. The topological polar surface area (TPSA) is 21.3 Å². The van der Waals surface area contributed by atoms with Crippen molar-refractivity contribution in [3.63, 3.8) is 0 Å². The minimum absolute atomic E-state index is 0.901. The van der Waals surface area contributed by atoms with E-state index >= 15 is 0 Å². The highest BCUT2D eigenvalue weighted by molar-refractivity contribution is 6.11. The Kier molecular flexibility index (Phi) is 8.83. The highest BCUT2D eigenvalue weighted by Gasteiger charge is 2.20. The standard InChI is InChI=1S/C60H40N2O/c1-2-16-41(17-3-1)42-32-36-46(37-33-42)61(47-38-34-43(35-39-47)50-25-15-26-54-53-24-8-13-31-59(53)63-60(50)54)55-27-9-4-20-48(55)44-18-14-19-45(40-44)49-21-5-10-28-56(49)62-57-29-11-6-22-51(57)52-23-7-12-30-58(52)62/h1-40H. The van der Waals surface area contributed by atoms with Gasteiger partial charge < -0.3 is 13.9 Å². The molecule has 3 nitrogen and oxygen atoms in total. The second-order valence-corrected chi connectivity index (χ2v) is 16.1. The van der Waals surface area contributed by atoms with Crippen LogP contribution in [-0.4, -0.2) is 4.57 Å². The molecule has 10 aromatic carbocycles. The fourth-order valence-corrected chi connectivity index (χ4v) is 9.49. The summed E-state index contributed by atoms with van der Waals surface area (Å²) in [4.78, 5) is 2.38. The largest absolute Gasteiger partial charge is 0.455 e. The maximum Gasteiger partial charge on any atom is 0.143 e. The second kappa shape index (κ2) is 15.3. The van der Waals surface area contributed by atoms with Crippen LogP contribution in [0, 0.1) is 0 Å². The molecule has 63 heavy (non-hydrogen) atoms. The Bertz CT molecular complexity index is 3560. The van der Waals surface area contributed by atoms with Gasteiger partial charge in [0.15, 0.2) is 0 Å². The predicted molar refractivity (Wildman–Crippen MR) is 264 cm³/mol. The predicted octanol–water partition coefficient (Wildman–Crippen LogP) is 16.8. The van der Waals surface area contributed by atoms with E-state index in [0.717, 1.165) is 72.5 Å². The smallest absolute Gasteiger partial charge is 0.143 e. The molecule has 0 aliphatic heterocycles. The monoisotopic (exact) mass is 804 g/mol. The Morgan fingerprint density at radius 1 is 0.317 bits per heavy atom. The zero-order valence-electron chi connectivity index (χ0n) is 34.4. The van der Waals surface area contributed by atoms with Gasteiger partial charge in [0.25, 0.3) is 0 Å². The van der Waals surface area contributed by atoms with Crippen molar-refractivity contribution in [1.29, 1.82) is 0 Å². The van der Waals surface area contributed by atoms with E-state index < -0.39 is 0 Å². The quantitative estimate of drug-likeness (QED) is 0.153. The summed E-state index contributed by atoms with van der Waals surface area (Å²) in [5, 5.41) is 4.76. The molecular formula is C60H40N2O. The Morgan fingerprint density at radius 2 is 0.810 bits per heavy atom. The number of aromatic nitrogens is 1. The molecule has 0 aliphatic rings. The lowest BCUT2D eigenvalue weighted by molar-refractivity contribution is 0.670. The fraction of sp³-hybridized carbons (Fsp3) is 0. The Morgan fingerprint density at radius 3 is 1.54 bits per heavy atom. The number of furan rings is 1. The third kappa shape index (κ3) is 6.29. The van der Waals surface area contributed by atoms with Crippen LogP contribution in [0.15, 0.2) is 247 Å². The molecular weight excluding hydrogens is 765 g/mol. The van der Waals surface area contributed by atoms with Crippen LogP contribution < -0.4 is 4.90 Å². The number of hydrogen-bond donors (Lipinski definition) is 0. The normalized spacial score (nSPS) is 11.5. The molecule has 0 radical (unpaired) electrons. The van der Waals surface area contributed by atoms with Crippen molar-refractivity contribution in [3.05, 3.63) is 243 Å². The molecule has 12 aromatic rings. The van der Waals surface area contributed by atoms with Crippen LogP contribution in [0.25, 0.3) is 93.9 Å². The van der Waals surface area contributed by atoms with Gasteiger partial charge in [-0.2, -0.15) is 0 Å². The van der Waals surface area contributed by atoms with Gasteiger partial charge in [-0.25, -0.2) is 0 Å². The zero-order chi connectivity index (χ0) is 41.7. The van der Waals surface area contributed by atoms with Gasteiger partial charge in [0.2, 0.25) is 0 Å². The first-order valence-corrected chi connectivity index (χ1v) is 21.5. The summed E-state index contributed by atoms with van der Waals surface area (Å²) < 4.78 is 8.88. The van der Waals surface area contributed by atoms with E-state index in [1.165, 1.54) is 38.5 Å². The van der Waals surface area contributed by atoms with Crippen molar-refractivity contribution in [2.24, 2.45) is 0 Å². The Labute approximate surface area is 366 Å². The van der Waals surface area contributed by atoms with E-state index in [9.17, 15) is 0 Å². The third-order valence-corrected chi connectivity index (χ3v) is 12.4. The van der Waals surface area contributed by atoms with E-state index in [-0.39, 0.29) is 0 Å². The lowest BCUT2D eigenvalue weighted by atomic mass is 9.96. The van der Waals surface area contributed by atoms with Crippen molar-refractivity contribution in [1.82, 2.24) is 4.57 Å². The van der Waals surface area contributed by atoms with Crippen molar-refractivity contribution in [2.75, 3.05) is 4.90 Å². The average molecular weight is 805 g/mol. The lowest BCUT2D eigenvalue weighted by Gasteiger charge is -2.28. The van der Waals surface area contributed by atoms with E-state index in [0.29, 0.717) is 0 Å². The molecule has 0 amide bonds. The van der Waals surface area contributed by atoms with Crippen LogP contribution in [0.5, 0.6) is 0 Å². The summed E-state index contributed by atoms with van der Waals surface area (Å²) in [5.74, 6) is 0. The molecule has 0 unspecified atom stereocenters. The molecule has 0 N–H and O–H groups in total. The van der Waals surface area contributed by atoms with Crippen molar-refractivity contribution in [2.45, 2.75) is 0 Å². The number of para-hydroxylation sites is 6. The lowest BCUT2D eigenvalue weighted by Crippen LogP contribution is -2.11. The van der Waals surface area contributed by atoms with Gasteiger partial charge in [-0.05, 0) is 88.5 Å². The molecule has 0 atom stereocenters. The highest BCUT2D eigenvalue weighted by atomic mass is 16.3. The fourth-order valence-electron chi connectivity index (χ4n) is 9.49. The SMILES string of the molecule is c1ccc(-c2ccc(N(c3ccc(-c4cccc5c4oc4ccccc45)cc3)c3ccccc3-c3cccc(-c4ccccc4-n4c5ccccc5c5ccccc54)c3)cc2)cc1. The van der Waals surface area contributed by atoms with E-state index in [1.54, 1.807) is 0 Å². The number of rotatable bonds is 8. The molecule has 0 bridgehead atoms. The highest BCUT2D eigenvalue weighted by Crippen LogP contribution is 2.44. The maximum absolute atomic E-state index is 6.46. The number of anilines is 3. The first-order chi connectivity index (χ1) is 31.3. The van der Waals surface area contributed by atoms with Gasteiger partial charge in [-0.3, -0.25) is 0 Å². The molecule has 2 heterocycles.